The van der Waals surface area contributed by atoms with Crippen molar-refractivity contribution >= 4 is 33.5 Å². The molecule has 120 valence electrons. The Labute approximate surface area is 137 Å². The Morgan fingerprint density at radius 2 is 2.12 bits per heavy atom. The van der Waals surface area contributed by atoms with Crippen molar-refractivity contribution in [2.24, 2.45) is 0 Å². The van der Waals surface area contributed by atoms with Gasteiger partial charge in [-0.1, -0.05) is 18.2 Å². The van der Waals surface area contributed by atoms with E-state index in [-0.39, 0.29) is 12.5 Å². The predicted molar refractivity (Wildman–Crippen MR) is 91.1 cm³/mol. The number of fused-ring (bicyclic) bond motifs is 3. The van der Waals surface area contributed by atoms with Crippen LogP contribution in [0.25, 0.3) is 21.9 Å². The lowest BCUT2D eigenvalue weighted by Crippen LogP contribution is -2.18. The van der Waals surface area contributed by atoms with Crippen LogP contribution in [-0.2, 0) is 11.3 Å². The molecule has 0 spiro atoms. The highest BCUT2D eigenvalue weighted by Crippen LogP contribution is 2.36. The van der Waals surface area contributed by atoms with Crippen molar-refractivity contribution < 1.29 is 13.9 Å². The first-order valence-corrected chi connectivity index (χ1v) is 7.49. The molecule has 0 atom stereocenters. The lowest BCUT2D eigenvalue weighted by atomic mass is 10.1. The summed E-state index contributed by atoms with van der Waals surface area (Å²) in [6.45, 7) is 0.182. The number of imidazole rings is 1. The number of methoxy groups -OCH3 is 1. The van der Waals surface area contributed by atoms with E-state index in [1.807, 2.05) is 30.3 Å². The molecule has 1 N–H and O–H groups in total. The van der Waals surface area contributed by atoms with E-state index >= 15 is 0 Å². The maximum absolute atomic E-state index is 12.2. The lowest BCUT2D eigenvalue weighted by molar-refractivity contribution is -0.116. The molecule has 4 aromatic rings. The van der Waals surface area contributed by atoms with E-state index in [4.69, 9.17) is 9.15 Å². The molecule has 24 heavy (non-hydrogen) atoms. The van der Waals surface area contributed by atoms with Gasteiger partial charge in [0, 0.05) is 29.2 Å². The van der Waals surface area contributed by atoms with Crippen LogP contribution in [0.4, 0.5) is 5.69 Å². The van der Waals surface area contributed by atoms with Gasteiger partial charge in [0.05, 0.1) is 19.1 Å². The molecule has 0 radical (unpaired) electrons. The maximum Gasteiger partial charge on any atom is 0.244 e. The Bertz CT molecular complexity index is 1020. The molecule has 6 nitrogen and oxygen atoms in total. The van der Waals surface area contributed by atoms with E-state index in [0.29, 0.717) is 17.0 Å². The van der Waals surface area contributed by atoms with Gasteiger partial charge >= 0.3 is 0 Å². The van der Waals surface area contributed by atoms with Crippen LogP contribution in [0.5, 0.6) is 5.75 Å². The SMILES string of the molecule is COc1cc2c(cc1NC(=O)Cn1ccnc1)oc1ccccc12. The van der Waals surface area contributed by atoms with Crippen molar-refractivity contribution in [1.29, 1.82) is 0 Å². The van der Waals surface area contributed by atoms with Crippen molar-refractivity contribution in [2.45, 2.75) is 6.54 Å². The molecule has 4 rings (SSSR count). The third kappa shape index (κ3) is 2.48. The van der Waals surface area contributed by atoms with Gasteiger partial charge in [0.1, 0.15) is 23.5 Å². The summed E-state index contributed by atoms with van der Waals surface area (Å²) in [6, 6.07) is 11.5. The van der Waals surface area contributed by atoms with Crippen LogP contribution in [-0.4, -0.2) is 22.6 Å². The normalized spacial score (nSPS) is 11.0. The Kier molecular flexibility index (Phi) is 3.42. The Hall–Kier alpha value is -3.28. The number of benzene rings is 2. The summed E-state index contributed by atoms with van der Waals surface area (Å²) in [5.74, 6) is 0.426. The van der Waals surface area contributed by atoms with E-state index in [0.717, 1.165) is 16.4 Å². The molecule has 0 bridgehead atoms. The summed E-state index contributed by atoms with van der Waals surface area (Å²) in [4.78, 5) is 16.1. The molecule has 0 aliphatic heterocycles. The number of nitrogens with one attached hydrogen (secondary N) is 1. The molecule has 0 saturated carbocycles. The van der Waals surface area contributed by atoms with Crippen LogP contribution in [0, 0.1) is 0 Å². The average Bonchev–Trinajstić information content (AvgIpc) is 3.20. The summed E-state index contributed by atoms with van der Waals surface area (Å²) >= 11 is 0. The summed E-state index contributed by atoms with van der Waals surface area (Å²) in [7, 11) is 1.58. The Morgan fingerprint density at radius 1 is 1.25 bits per heavy atom. The molecular formula is C18H15N3O3. The van der Waals surface area contributed by atoms with Gasteiger partial charge in [-0.15, -0.1) is 0 Å². The molecule has 0 aliphatic rings. The number of furan rings is 1. The third-order valence-electron chi connectivity index (χ3n) is 3.86. The van der Waals surface area contributed by atoms with Gasteiger partial charge in [-0.2, -0.15) is 0 Å². The highest BCUT2D eigenvalue weighted by molar-refractivity contribution is 6.07. The summed E-state index contributed by atoms with van der Waals surface area (Å²) in [5, 5.41) is 4.83. The van der Waals surface area contributed by atoms with E-state index in [2.05, 4.69) is 10.3 Å². The molecule has 2 aromatic carbocycles. The second kappa shape index (κ2) is 5.73. The van der Waals surface area contributed by atoms with Crippen molar-refractivity contribution in [3.8, 4) is 5.75 Å². The Balaban J connectivity index is 1.71. The van der Waals surface area contributed by atoms with E-state index in [1.54, 1.807) is 36.5 Å². The first-order valence-electron chi connectivity index (χ1n) is 7.49. The zero-order chi connectivity index (χ0) is 16.5. The molecule has 0 unspecified atom stereocenters. The molecule has 0 saturated heterocycles. The standard InChI is InChI=1S/C18H15N3O3/c1-23-17-8-13-12-4-2-3-5-15(12)24-16(13)9-14(17)20-18(22)10-21-7-6-19-11-21/h2-9,11H,10H2,1H3,(H,20,22). The average molecular weight is 321 g/mol. The maximum atomic E-state index is 12.2. The van der Waals surface area contributed by atoms with Crippen LogP contribution in [0.3, 0.4) is 0 Å². The number of carbonyl (C=O) groups excluding carboxylic acids is 1. The second-order valence-electron chi connectivity index (χ2n) is 5.43. The van der Waals surface area contributed by atoms with E-state index < -0.39 is 0 Å². The minimum Gasteiger partial charge on any atom is -0.495 e. The predicted octanol–water partition coefficient (Wildman–Crippen LogP) is 3.43. The molecule has 2 heterocycles. The lowest BCUT2D eigenvalue weighted by Gasteiger charge is -2.10. The first-order chi connectivity index (χ1) is 11.7. The number of nitrogens with zero attached hydrogens (tertiary/aromatic N) is 2. The fourth-order valence-electron chi connectivity index (χ4n) is 2.75. The van der Waals surface area contributed by atoms with Crippen LogP contribution < -0.4 is 10.1 Å². The van der Waals surface area contributed by atoms with Gasteiger partial charge in [-0.05, 0) is 12.1 Å². The van der Waals surface area contributed by atoms with Gasteiger partial charge in [0.2, 0.25) is 5.91 Å². The summed E-state index contributed by atoms with van der Waals surface area (Å²) in [6.07, 6.45) is 4.97. The van der Waals surface area contributed by atoms with Gasteiger partial charge in [-0.25, -0.2) is 4.98 Å². The van der Waals surface area contributed by atoms with Gasteiger partial charge in [0.25, 0.3) is 0 Å². The number of amides is 1. The molecule has 0 aliphatic carbocycles. The topological polar surface area (TPSA) is 69.3 Å². The molecule has 0 fully saturated rings. The van der Waals surface area contributed by atoms with Crippen LogP contribution in [0.1, 0.15) is 0 Å². The quantitative estimate of drug-likeness (QED) is 0.625. The molecular weight excluding hydrogens is 306 g/mol. The number of ether oxygens (including phenoxy) is 1. The summed E-state index contributed by atoms with van der Waals surface area (Å²) in [5.41, 5.74) is 2.08. The highest BCUT2D eigenvalue weighted by atomic mass is 16.5. The zero-order valence-corrected chi connectivity index (χ0v) is 13.0. The van der Waals surface area contributed by atoms with Crippen LogP contribution >= 0.6 is 0 Å². The molecule has 6 heteroatoms. The third-order valence-corrected chi connectivity index (χ3v) is 3.86. The van der Waals surface area contributed by atoms with Crippen molar-refractivity contribution in [2.75, 3.05) is 12.4 Å². The smallest absolute Gasteiger partial charge is 0.244 e. The van der Waals surface area contributed by atoms with Gasteiger partial charge in [-0.3, -0.25) is 4.79 Å². The summed E-state index contributed by atoms with van der Waals surface area (Å²) < 4.78 is 13.0. The zero-order valence-electron chi connectivity index (χ0n) is 13.0. The van der Waals surface area contributed by atoms with Crippen LogP contribution in [0.15, 0.2) is 59.5 Å². The number of anilines is 1. The van der Waals surface area contributed by atoms with Crippen molar-refractivity contribution in [3.05, 3.63) is 55.1 Å². The number of para-hydroxylation sites is 1. The minimum atomic E-state index is -0.165. The minimum absolute atomic E-state index is 0.165. The number of rotatable bonds is 4. The largest absolute Gasteiger partial charge is 0.495 e. The Morgan fingerprint density at radius 3 is 2.92 bits per heavy atom. The first kappa shape index (κ1) is 14.3. The van der Waals surface area contributed by atoms with Crippen molar-refractivity contribution in [1.82, 2.24) is 9.55 Å². The fraction of sp³-hybridized carbons (Fsp3) is 0.111. The second-order valence-corrected chi connectivity index (χ2v) is 5.43. The number of hydrogen-bond donors (Lipinski definition) is 1. The monoisotopic (exact) mass is 321 g/mol. The van der Waals surface area contributed by atoms with Crippen LogP contribution in [0.2, 0.25) is 0 Å². The molecule has 1 amide bonds. The van der Waals surface area contributed by atoms with E-state index in [9.17, 15) is 4.79 Å². The van der Waals surface area contributed by atoms with Gasteiger partial charge in [0.15, 0.2) is 0 Å². The fourth-order valence-corrected chi connectivity index (χ4v) is 2.75. The number of carbonyl (C=O) groups is 1. The molecule has 2 aromatic heterocycles. The van der Waals surface area contributed by atoms with Crippen molar-refractivity contribution in [3.63, 3.8) is 0 Å². The number of hydrogen-bond acceptors (Lipinski definition) is 4. The highest BCUT2D eigenvalue weighted by Gasteiger charge is 2.14. The number of aromatic nitrogens is 2. The van der Waals surface area contributed by atoms with E-state index in [1.165, 1.54) is 0 Å². The van der Waals surface area contributed by atoms with Gasteiger partial charge < -0.3 is 19.0 Å².